The largest absolute Gasteiger partial charge is 0.465 e. The Balaban J connectivity index is 1.29. The van der Waals surface area contributed by atoms with Gasteiger partial charge in [0.2, 0.25) is 5.91 Å². The first-order valence-electron chi connectivity index (χ1n) is 15.2. The highest BCUT2D eigenvalue weighted by Gasteiger charge is 2.30. The normalized spacial score (nSPS) is 15.7. The third-order valence-electron chi connectivity index (χ3n) is 8.50. The first-order valence-corrected chi connectivity index (χ1v) is 15.2. The number of imidazole rings is 1. The molecule has 45 heavy (non-hydrogen) atoms. The summed E-state index contributed by atoms with van der Waals surface area (Å²) >= 11 is 0. The molecular formula is C33H40N6O6. The highest BCUT2D eigenvalue weighted by molar-refractivity contribution is 5.78. The van der Waals surface area contributed by atoms with Gasteiger partial charge < -0.3 is 29.2 Å². The molecule has 1 aliphatic rings. The number of rotatable bonds is 11. The summed E-state index contributed by atoms with van der Waals surface area (Å²) in [5.41, 5.74) is 3.03. The lowest BCUT2D eigenvalue weighted by Crippen LogP contribution is -2.44. The van der Waals surface area contributed by atoms with Crippen molar-refractivity contribution in [1.29, 1.82) is 0 Å². The van der Waals surface area contributed by atoms with Crippen LogP contribution in [0.3, 0.4) is 0 Å². The number of amides is 2. The van der Waals surface area contributed by atoms with E-state index in [1.807, 2.05) is 35.2 Å². The molecule has 0 saturated carbocycles. The number of likely N-dealkylation sites (tertiary alicyclic amines) is 1. The van der Waals surface area contributed by atoms with Crippen LogP contribution < -0.4 is 16.6 Å². The van der Waals surface area contributed by atoms with Crippen molar-refractivity contribution in [3.05, 3.63) is 87.0 Å². The zero-order chi connectivity index (χ0) is 32.1. The Morgan fingerprint density at radius 1 is 1.11 bits per heavy atom. The van der Waals surface area contributed by atoms with Crippen LogP contribution in [-0.4, -0.2) is 73.5 Å². The van der Waals surface area contributed by atoms with E-state index in [-0.39, 0.29) is 18.2 Å². The number of nitrogens with one attached hydrogen (secondary N) is 1. The molecule has 4 aromatic rings. The number of fused-ring (bicyclic) bond motifs is 1. The molecule has 0 radical (unpaired) electrons. The number of aryl methyl sites for hydroxylation is 2. The van der Waals surface area contributed by atoms with Gasteiger partial charge in [-0.1, -0.05) is 36.4 Å². The Morgan fingerprint density at radius 3 is 2.60 bits per heavy atom. The van der Waals surface area contributed by atoms with Gasteiger partial charge in [0.15, 0.2) is 0 Å². The van der Waals surface area contributed by atoms with Crippen LogP contribution in [0.2, 0.25) is 0 Å². The van der Waals surface area contributed by atoms with Gasteiger partial charge in [0.1, 0.15) is 5.82 Å². The number of methoxy groups -OCH3 is 1. The predicted octanol–water partition coefficient (Wildman–Crippen LogP) is 3.11. The van der Waals surface area contributed by atoms with Gasteiger partial charge in [-0.25, -0.2) is 14.6 Å². The van der Waals surface area contributed by atoms with Crippen molar-refractivity contribution in [3.63, 3.8) is 0 Å². The van der Waals surface area contributed by atoms with Crippen LogP contribution in [0.1, 0.15) is 43.0 Å². The smallest absolute Gasteiger partial charge is 0.404 e. The van der Waals surface area contributed by atoms with Crippen molar-refractivity contribution < 1.29 is 19.4 Å². The molecule has 3 heterocycles. The van der Waals surface area contributed by atoms with E-state index in [2.05, 4.69) is 16.0 Å². The van der Waals surface area contributed by atoms with E-state index in [0.29, 0.717) is 37.2 Å². The number of nitrogens with zero attached hydrogens (tertiary/aromatic N) is 5. The number of carboxylic acid groups (broad SMARTS) is 1. The van der Waals surface area contributed by atoms with Gasteiger partial charge in [-0.05, 0) is 48.9 Å². The quantitative estimate of drug-likeness (QED) is 0.247. The Hall–Kier alpha value is -4.71. The number of hydrogen-bond donors (Lipinski definition) is 2. The standard InChI is InChI=1S/C33H40N6O6/c1-36-21-26(31(41)37(2)33(36)44)23-13-11-22(12-14-23)18-25(34-32(42)43)19-29(40)38-15-6-8-24(20-38)30-35-27-9-4-5-10-28(27)39(30)16-7-17-45-3/h4-5,9-14,21,24-25,34H,6-8,15-20H2,1-3H3,(H,42,43)/t24-,25-/m1/s1. The minimum atomic E-state index is -1.19. The van der Waals surface area contributed by atoms with Gasteiger partial charge in [0, 0.05) is 72.0 Å². The van der Waals surface area contributed by atoms with Crippen LogP contribution in [0.5, 0.6) is 0 Å². The number of benzene rings is 2. The first kappa shape index (κ1) is 31.7. The maximum absolute atomic E-state index is 13.6. The lowest BCUT2D eigenvalue weighted by molar-refractivity contribution is -0.132. The lowest BCUT2D eigenvalue weighted by Gasteiger charge is -2.33. The Kier molecular flexibility index (Phi) is 9.82. The van der Waals surface area contributed by atoms with Crippen molar-refractivity contribution >= 4 is 23.0 Å². The van der Waals surface area contributed by atoms with E-state index in [1.54, 1.807) is 26.3 Å². The number of piperidine rings is 1. The summed E-state index contributed by atoms with van der Waals surface area (Å²) in [5, 5.41) is 12.1. The molecule has 12 heteroatoms. The molecule has 2 aromatic heterocycles. The molecule has 1 aliphatic heterocycles. The number of carbonyl (C=O) groups excluding carboxylic acids is 1. The molecule has 1 fully saturated rings. The van der Waals surface area contributed by atoms with E-state index < -0.39 is 23.4 Å². The average Bonchev–Trinajstić information content (AvgIpc) is 3.40. The monoisotopic (exact) mass is 616 g/mol. The van der Waals surface area contributed by atoms with Crippen molar-refractivity contribution in [2.45, 2.75) is 50.6 Å². The molecule has 2 atom stereocenters. The van der Waals surface area contributed by atoms with Gasteiger partial charge in [-0.15, -0.1) is 0 Å². The highest BCUT2D eigenvalue weighted by atomic mass is 16.5. The van der Waals surface area contributed by atoms with Crippen LogP contribution >= 0.6 is 0 Å². The van der Waals surface area contributed by atoms with E-state index in [0.717, 1.165) is 52.8 Å². The number of ether oxygens (including phenoxy) is 1. The fourth-order valence-electron chi connectivity index (χ4n) is 6.22. The average molecular weight is 617 g/mol. The fourth-order valence-corrected chi connectivity index (χ4v) is 6.22. The predicted molar refractivity (Wildman–Crippen MR) is 170 cm³/mol. The van der Waals surface area contributed by atoms with Crippen molar-refractivity contribution in [1.82, 2.24) is 28.9 Å². The maximum Gasteiger partial charge on any atom is 0.404 e. The molecule has 0 aliphatic carbocycles. The molecule has 5 rings (SSSR count). The van der Waals surface area contributed by atoms with E-state index >= 15 is 0 Å². The number of hydrogen-bond acceptors (Lipinski definition) is 6. The second kappa shape index (κ2) is 13.9. The molecule has 1 saturated heterocycles. The summed E-state index contributed by atoms with van der Waals surface area (Å²) in [6.07, 6.45) is 3.24. The second-order valence-electron chi connectivity index (χ2n) is 11.7. The molecule has 0 bridgehead atoms. The summed E-state index contributed by atoms with van der Waals surface area (Å²) < 4.78 is 9.94. The fraction of sp³-hybridized carbons (Fsp3) is 0.424. The summed E-state index contributed by atoms with van der Waals surface area (Å²) in [7, 11) is 4.71. The number of aromatic nitrogens is 4. The van der Waals surface area contributed by atoms with Crippen LogP contribution in [0, 0.1) is 0 Å². The number of para-hydroxylation sites is 2. The van der Waals surface area contributed by atoms with Gasteiger partial charge in [-0.2, -0.15) is 0 Å². The van der Waals surface area contributed by atoms with Crippen LogP contribution in [0.15, 0.2) is 64.3 Å². The van der Waals surface area contributed by atoms with Crippen molar-refractivity contribution in [2.24, 2.45) is 14.1 Å². The molecule has 238 valence electrons. The SMILES string of the molecule is COCCCn1c([C@@H]2CCCN(C(=O)C[C@@H](Cc3ccc(-c4cn(C)c(=O)n(C)c4=O)cc3)NC(=O)O)C2)nc2ccccc21. The third-order valence-corrected chi connectivity index (χ3v) is 8.50. The molecule has 2 N–H and O–H groups in total. The van der Waals surface area contributed by atoms with E-state index in [1.165, 1.54) is 17.8 Å². The second-order valence-corrected chi connectivity index (χ2v) is 11.7. The van der Waals surface area contributed by atoms with Crippen LogP contribution in [0.25, 0.3) is 22.2 Å². The van der Waals surface area contributed by atoms with E-state index in [9.17, 15) is 24.3 Å². The zero-order valence-electron chi connectivity index (χ0n) is 25.9. The van der Waals surface area contributed by atoms with Gasteiger partial charge in [-0.3, -0.25) is 14.2 Å². The summed E-state index contributed by atoms with van der Waals surface area (Å²) in [4.78, 5) is 56.8. The maximum atomic E-state index is 13.6. The molecule has 12 nitrogen and oxygen atoms in total. The van der Waals surface area contributed by atoms with Crippen LogP contribution in [-0.2, 0) is 36.6 Å². The van der Waals surface area contributed by atoms with Gasteiger partial charge in [0.25, 0.3) is 5.56 Å². The van der Waals surface area contributed by atoms with Gasteiger partial charge in [0.05, 0.1) is 16.6 Å². The molecular weight excluding hydrogens is 576 g/mol. The van der Waals surface area contributed by atoms with Crippen molar-refractivity contribution in [3.8, 4) is 11.1 Å². The molecule has 2 amide bonds. The number of carbonyl (C=O) groups is 2. The summed E-state index contributed by atoms with van der Waals surface area (Å²) in [6, 6.07) is 14.6. The summed E-state index contributed by atoms with van der Waals surface area (Å²) in [6.45, 7) is 2.56. The van der Waals surface area contributed by atoms with Crippen molar-refractivity contribution in [2.75, 3.05) is 26.8 Å². The zero-order valence-corrected chi connectivity index (χ0v) is 25.9. The Bertz CT molecular complexity index is 1790. The summed E-state index contributed by atoms with van der Waals surface area (Å²) in [5.74, 6) is 0.936. The Labute approximate surface area is 260 Å². The van der Waals surface area contributed by atoms with Gasteiger partial charge >= 0.3 is 11.8 Å². The highest BCUT2D eigenvalue weighted by Crippen LogP contribution is 2.30. The molecule has 2 aromatic carbocycles. The first-order chi connectivity index (χ1) is 21.7. The molecule has 0 spiro atoms. The van der Waals surface area contributed by atoms with Crippen LogP contribution in [0.4, 0.5) is 4.79 Å². The minimum Gasteiger partial charge on any atom is -0.465 e. The topological polar surface area (TPSA) is 141 Å². The lowest BCUT2D eigenvalue weighted by atomic mass is 9.95. The molecule has 0 unspecified atom stereocenters. The van der Waals surface area contributed by atoms with E-state index in [4.69, 9.17) is 9.72 Å². The third kappa shape index (κ3) is 7.17. The minimum absolute atomic E-state index is 0.0202. The Morgan fingerprint density at radius 2 is 1.87 bits per heavy atom.